The molecule has 112 valence electrons. The molecule has 4 heteroatoms. The number of benzene rings is 2. The monoisotopic (exact) mass is 291 g/mol. The molecule has 0 aliphatic heterocycles. The molecule has 2 rings (SSSR count). The number of hydrogen-bond acceptors (Lipinski definition) is 2. The molecule has 0 heterocycles. The molecule has 0 aliphatic rings. The Morgan fingerprint density at radius 3 is 2.43 bits per heavy atom. The van der Waals surface area contributed by atoms with E-state index >= 15 is 0 Å². The number of hydrogen-bond donors (Lipinski definition) is 2. The Labute approximate surface area is 123 Å². The summed E-state index contributed by atoms with van der Waals surface area (Å²) in [5, 5.41) is 13.1. The smallest absolute Gasteiger partial charge is 0.128 e. The van der Waals surface area contributed by atoms with Crippen LogP contribution in [-0.2, 0) is 0 Å². The van der Waals surface area contributed by atoms with Crippen molar-refractivity contribution in [2.24, 2.45) is 0 Å². The maximum Gasteiger partial charge on any atom is 0.128 e. The Balaban J connectivity index is 2.02. The number of nitrogens with one attached hydrogen (secondary N) is 1. The zero-order valence-corrected chi connectivity index (χ0v) is 12.1. The van der Waals surface area contributed by atoms with Crippen LogP contribution in [0.3, 0.4) is 0 Å². The molecule has 2 atom stereocenters. The van der Waals surface area contributed by atoms with Crippen LogP contribution >= 0.6 is 0 Å². The molecule has 0 saturated heterocycles. The van der Waals surface area contributed by atoms with Gasteiger partial charge in [-0.2, -0.15) is 0 Å². The first kappa shape index (κ1) is 15.6. The predicted molar refractivity (Wildman–Crippen MR) is 78.9 cm³/mol. The highest BCUT2D eigenvalue weighted by molar-refractivity contribution is 5.27. The van der Waals surface area contributed by atoms with Gasteiger partial charge < -0.3 is 10.4 Å². The fourth-order valence-electron chi connectivity index (χ4n) is 2.18. The van der Waals surface area contributed by atoms with Crippen LogP contribution < -0.4 is 5.32 Å². The third-order valence-electron chi connectivity index (χ3n) is 3.55. The molecule has 0 aliphatic carbocycles. The lowest BCUT2D eigenvalue weighted by Gasteiger charge is -2.18. The molecule has 2 N–H and O–H groups in total. The fourth-order valence-corrected chi connectivity index (χ4v) is 2.18. The predicted octanol–water partition coefficient (Wildman–Crippen LogP) is 3.66. The molecule has 2 nitrogen and oxygen atoms in total. The van der Waals surface area contributed by atoms with Gasteiger partial charge in [-0.05, 0) is 37.1 Å². The third-order valence-corrected chi connectivity index (χ3v) is 3.55. The molecule has 2 unspecified atom stereocenters. The lowest BCUT2D eigenvalue weighted by Crippen LogP contribution is -2.25. The van der Waals surface area contributed by atoms with Crippen molar-refractivity contribution in [1.82, 2.24) is 5.32 Å². The molecule has 2 aromatic carbocycles. The summed E-state index contributed by atoms with van der Waals surface area (Å²) in [7, 11) is 0. The average molecular weight is 291 g/mol. The molecule has 0 aromatic heterocycles. The molecule has 0 spiro atoms. The lowest BCUT2D eigenvalue weighted by atomic mass is 10.0. The van der Waals surface area contributed by atoms with Gasteiger partial charge in [-0.25, -0.2) is 8.78 Å². The first-order valence-corrected chi connectivity index (χ1v) is 6.91. The lowest BCUT2D eigenvalue weighted by molar-refractivity contribution is 0.170. The largest absolute Gasteiger partial charge is 0.387 e. The number of aliphatic hydroxyl groups is 1. The molecule has 0 saturated carbocycles. The van der Waals surface area contributed by atoms with E-state index in [1.807, 2.05) is 30.3 Å². The standard InChI is InChI=1S/C17H19F2NO/c1-11-8-16(19)14(9-15(11)18)12(2)20-10-17(21)13-6-4-3-5-7-13/h3-9,12,17,20-21H,10H2,1-2H3. The van der Waals surface area contributed by atoms with Crippen LogP contribution in [0.2, 0.25) is 0 Å². The second kappa shape index (κ2) is 6.78. The van der Waals surface area contributed by atoms with Gasteiger partial charge in [0, 0.05) is 18.2 Å². The van der Waals surface area contributed by atoms with Crippen molar-refractivity contribution < 1.29 is 13.9 Å². The van der Waals surface area contributed by atoms with Gasteiger partial charge in [0.05, 0.1) is 6.10 Å². The van der Waals surface area contributed by atoms with E-state index in [1.54, 1.807) is 6.92 Å². The number of aliphatic hydroxyl groups excluding tert-OH is 1. The van der Waals surface area contributed by atoms with E-state index in [4.69, 9.17) is 0 Å². The minimum Gasteiger partial charge on any atom is -0.387 e. The van der Waals surface area contributed by atoms with Crippen LogP contribution in [0.25, 0.3) is 0 Å². The maximum atomic E-state index is 13.9. The molecule has 0 fully saturated rings. The Morgan fingerprint density at radius 1 is 1.10 bits per heavy atom. The van der Waals surface area contributed by atoms with E-state index in [-0.39, 0.29) is 17.7 Å². The highest BCUT2D eigenvalue weighted by atomic mass is 19.1. The number of halogens is 2. The molecular formula is C17H19F2NO. The van der Waals surface area contributed by atoms with Crippen LogP contribution in [0.5, 0.6) is 0 Å². The van der Waals surface area contributed by atoms with Gasteiger partial charge in [0.25, 0.3) is 0 Å². The van der Waals surface area contributed by atoms with Gasteiger partial charge >= 0.3 is 0 Å². The summed E-state index contributed by atoms with van der Waals surface area (Å²) < 4.78 is 27.4. The highest BCUT2D eigenvalue weighted by Crippen LogP contribution is 2.21. The molecule has 21 heavy (non-hydrogen) atoms. The summed E-state index contributed by atoms with van der Waals surface area (Å²) in [5.74, 6) is -0.869. The molecule has 0 radical (unpaired) electrons. The summed E-state index contributed by atoms with van der Waals surface area (Å²) >= 11 is 0. The molecular weight excluding hydrogens is 272 g/mol. The Morgan fingerprint density at radius 2 is 1.76 bits per heavy atom. The summed E-state index contributed by atoms with van der Waals surface area (Å²) in [5.41, 5.74) is 1.33. The second-order valence-electron chi connectivity index (χ2n) is 5.18. The van der Waals surface area contributed by atoms with Crippen molar-refractivity contribution >= 4 is 0 Å². The Hall–Kier alpha value is -1.78. The van der Waals surface area contributed by atoms with Crippen molar-refractivity contribution in [2.45, 2.75) is 26.0 Å². The van der Waals surface area contributed by atoms with Gasteiger partial charge in [0.1, 0.15) is 11.6 Å². The van der Waals surface area contributed by atoms with Crippen molar-refractivity contribution in [3.63, 3.8) is 0 Å². The van der Waals surface area contributed by atoms with E-state index in [0.717, 1.165) is 5.56 Å². The maximum absolute atomic E-state index is 13.9. The summed E-state index contributed by atoms with van der Waals surface area (Å²) in [6.45, 7) is 3.53. The highest BCUT2D eigenvalue weighted by Gasteiger charge is 2.15. The third kappa shape index (κ3) is 3.86. The van der Waals surface area contributed by atoms with E-state index < -0.39 is 23.8 Å². The van der Waals surface area contributed by atoms with E-state index in [1.165, 1.54) is 19.1 Å². The Kier molecular flexibility index (Phi) is 5.04. The number of rotatable bonds is 5. The summed E-state index contributed by atoms with van der Waals surface area (Å²) in [6.07, 6.45) is -0.688. The van der Waals surface area contributed by atoms with Crippen molar-refractivity contribution in [3.8, 4) is 0 Å². The average Bonchev–Trinajstić information content (AvgIpc) is 2.49. The minimum absolute atomic E-state index is 0.262. The zero-order valence-electron chi connectivity index (χ0n) is 12.1. The summed E-state index contributed by atoms with van der Waals surface area (Å²) in [4.78, 5) is 0. The first-order valence-electron chi connectivity index (χ1n) is 6.91. The first-order chi connectivity index (χ1) is 9.99. The summed E-state index contributed by atoms with van der Waals surface area (Å²) in [6, 6.07) is 11.2. The van der Waals surface area contributed by atoms with Crippen LogP contribution in [0.15, 0.2) is 42.5 Å². The van der Waals surface area contributed by atoms with Gasteiger partial charge in [0.2, 0.25) is 0 Å². The van der Waals surface area contributed by atoms with Gasteiger partial charge in [-0.15, -0.1) is 0 Å². The molecule has 0 amide bonds. The van der Waals surface area contributed by atoms with E-state index in [9.17, 15) is 13.9 Å². The van der Waals surface area contributed by atoms with Crippen molar-refractivity contribution in [2.75, 3.05) is 6.54 Å². The van der Waals surface area contributed by atoms with Gasteiger partial charge in [-0.3, -0.25) is 0 Å². The minimum atomic E-state index is -0.688. The van der Waals surface area contributed by atoms with Crippen molar-refractivity contribution in [1.29, 1.82) is 0 Å². The van der Waals surface area contributed by atoms with Crippen LogP contribution in [-0.4, -0.2) is 11.7 Å². The van der Waals surface area contributed by atoms with Crippen LogP contribution in [0.4, 0.5) is 8.78 Å². The van der Waals surface area contributed by atoms with Crippen LogP contribution in [0.1, 0.15) is 35.8 Å². The molecule has 2 aromatic rings. The van der Waals surface area contributed by atoms with Gasteiger partial charge in [-0.1, -0.05) is 30.3 Å². The van der Waals surface area contributed by atoms with E-state index in [0.29, 0.717) is 0 Å². The quantitative estimate of drug-likeness (QED) is 0.881. The second-order valence-corrected chi connectivity index (χ2v) is 5.18. The molecule has 0 bridgehead atoms. The topological polar surface area (TPSA) is 32.3 Å². The van der Waals surface area contributed by atoms with Crippen molar-refractivity contribution in [3.05, 3.63) is 70.8 Å². The Bertz CT molecular complexity index is 601. The number of aryl methyl sites for hydroxylation is 1. The zero-order chi connectivity index (χ0) is 15.4. The van der Waals surface area contributed by atoms with E-state index in [2.05, 4.69) is 5.32 Å². The van der Waals surface area contributed by atoms with Gasteiger partial charge in [0.15, 0.2) is 0 Å². The van der Waals surface area contributed by atoms with Crippen LogP contribution in [0, 0.1) is 18.6 Å². The normalized spacial score (nSPS) is 14.0. The fraction of sp³-hybridized carbons (Fsp3) is 0.294. The SMILES string of the molecule is Cc1cc(F)c(C(C)NCC(O)c2ccccc2)cc1F.